The average Bonchev–Trinajstić information content (AvgIpc) is 3.36. The molecule has 4 aromatic rings. The van der Waals surface area contributed by atoms with E-state index in [0.29, 0.717) is 30.0 Å². The van der Waals surface area contributed by atoms with Gasteiger partial charge in [-0.3, -0.25) is 4.79 Å². The molecule has 5 nitrogen and oxygen atoms in total. The number of aryl methyl sites for hydroxylation is 1. The molecule has 0 amide bonds. The fraction of sp³-hybridized carbons (Fsp3) is 0.207. The van der Waals surface area contributed by atoms with E-state index in [-0.39, 0.29) is 18.6 Å². The number of rotatable bonds is 9. The van der Waals surface area contributed by atoms with E-state index in [1.807, 2.05) is 60.7 Å². The zero-order valence-corrected chi connectivity index (χ0v) is 20.2. The van der Waals surface area contributed by atoms with Gasteiger partial charge in [-0.15, -0.1) is 0 Å². The molecule has 35 heavy (non-hydrogen) atoms. The Morgan fingerprint density at radius 3 is 2.54 bits per heavy atom. The Morgan fingerprint density at radius 1 is 0.943 bits per heavy atom. The Morgan fingerprint density at radius 2 is 1.71 bits per heavy atom. The van der Waals surface area contributed by atoms with Crippen LogP contribution < -0.4 is 19.5 Å². The van der Waals surface area contributed by atoms with E-state index in [1.54, 1.807) is 7.11 Å². The van der Waals surface area contributed by atoms with E-state index in [4.69, 9.17) is 25.8 Å². The summed E-state index contributed by atoms with van der Waals surface area (Å²) >= 11 is 6.05. The lowest BCUT2D eigenvalue weighted by molar-refractivity contribution is -0.119. The minimum absolute atomic E-state index is 0.184. The number of fused-ring (bicyclic) bond motifs is 2. The Kier molecular flexibility index (Phi) is 6.77. The van der Waals surface area contributed by atoms with Crippen molar-refractivity contribution < 1.29 is 19.0 Å². The number of hydrogen-bond donors (Lipinski definition) is 1. The quantitative estimate of drug-likeness (QED) is 0.276. The van der Waals surface area contributed by atoms with Crippen molar-refractivity contribution in [2.45, 2.75) is 25.3 Å². The molecule has 5 rings (SSSR count). The van der Waals surface area contributed by atoms with Crippen molar-refractivity contribution in [3.8, 4) is 17.2 Å². The maximum Gasteiger partial charge on any atom is 0.231 e. The number of carbonyl (C=O) groups is 1. The molecule has 0 bridgehead atoms. The number of halogens is 1. The maximum atomic E-state index is 13.1. The van der Waals surface area contributed by atoms with Crippen LogP contribution in [0.4, 0.5) is 5.69 Å². The molecule has 0 aliphatic carbocycles. The van der Waals surface area contributed by atoms with Crippen molar-refractivity contribution in [2.75, 3.05) is 19.2 Å². The molecular formula is C29H26ClNO4. The van der Waals surface area contributed by atoms with Crippen LogP contribution >= 0.6 is 11.6 Å². The summed E-state index contributed by atoms with van der Waals surface area (Å²) in [6.45, 7) is 0.214. The van der Waals surface area contributed by atoms with Gasteiger partial charge in [0.2, 0.25) is 6.79 Å². The number of methoxy groups -OCH3 is 1. The number of anilines is 1. The molecular weight excluding hydrogens is 462 g/mol. The molecule has 0 saturated heterocycles. The highest BCUT2D eigenvalue weighted by molar-refractivity contribution is 6.30. The Balaban J connectivity index is 1.29. The van der Waals surface area contributed by atoms with E-state index in [2.05, 4.69) is 23.5 Å². The first-order valence-corrected chi connectivity index (χ1v) is 12.0. The fourth-order valence-corrected chi connectivity index (χ4v) is 4.42. The smallest absolute Gasteiger partial charge is 0.231 e. The summed E-state index contributed by atoms with van der Waals surface area (Å²) in [7, 11) is 1.67. The van der Waals surface area contributed by atoms with Gasteiger partial charge in [0.1, 0.15) is 11.5 Å². The highest BCUT2D eigenvalue weighted by Gasteiger charge is 2.20. The lowest BCUT2D eigenvalue weighted by Gasteiger charge is -2.20. The van der Waals surface area contributed by atoms with Crippen LogP contribution in [0.3, 0.4) is 0 Å². The van der Waals surface area contributed by atoms with E-state index < -0.39 is 0 Å². The Bertz CT molecular complexity index is 1350. The molecule has 0 aromatic heterocycles. The van der Waals surface area contributed by atoms with Crippen molar-refractivity contribution in [1.82, 2.24) is 0 Å². The summed E-state index contributed by atoms with van der Waals surface area (Å²) in [6.07, 6.45) is 1.51. The molecule has 0 saturated carbocycles. The number of nitrogens with one attached hydrogen (secondary N) is 1. The van der Waals surface area contributed by atoms with E-state index in [1.165, 1.54) is 0 Å². The summed E-state index contributed by atoms with van der Waals surface area (Å²) in [4.78, 5) is 13.1. The number of Topliss-reactive ketones (excluding diaryl/α,β-unsaturated/α-hetero) is 1. The highest BCUT2D eigenvalue weighted by atomic mass is 35.5. The molecule has 0 radical (unpaired) electrons. The van der Waals surface area contributed by atoms with Gasteiger partial charge < -0.3 is 19.5 Å². The number of benzene rings is 4. The first-order chi connectivity index (χ1) is 17.1. The number of hydrogen-bond acceptors (Lipinski definition) is 5. The van der Waals surface area contributed by atoms with Crippen molar-refractivity contribution in [1.29, 1.82) is 0 Å². The predicted molar refractivity (Wildman–Crippen MR) is 139 cm³/mol. The molecule has 0 spiro atoms. The Labute approximate surface area is 209 Å². The van der Waals surface area contributed by atoms with Gasteiger partial charge in [0.25, 0.3) is 0 Å². The molecule has 6 heteroatoms. The Hall–Kier alpha value is -3.70. The summed E-state index contributed by atoms with van der Waals surface area (Å²) in [5.41, 5.74) is 3.01. The van der Waals surface area contributed by atoms with Crippen molar-refractivity contribution in [3.05, 3.63) is 95.0 Å². The molecule has 1 unspecified atom stereocenters. The molecule has 1 heterocycles. The van der Waals surface area contributed by atoms with Gasteiger partial charge in [-0.1, -0.05) is 41.9 Å². The maximum absolute atomic E-state index is 13.1. The third-order valence-electron chi connectivity index (χ3n) is 6.22. The monoisotopic (exact) mass is 487 g/mol. The second kappa shape index (κ2) is 10.3. The van der Waals surface area contributed by atoms with Gasteiger partial charge in [0.05, 0.1) is 13.2 Å². The van der Waals surface area contributed by atoms with Crippen LogP contribution in [0, 0.1) is 0 Å². The number of carbonyl (C=O) groups excluding carboxylic acids is 1. The van der Waals surface area contributed by atoms with Gasteiger partial charge in [0.15, 0.2) is 11.5 Å². The summed E-state index contributed by atoms with van der Waals surface area (Å²) in [5, 5.41) is 6.41. The molecule has 178 valence electrons. The molecule has 1 aliphatic heterocycles. The van der Waals surface area contributed by atoms with Crippen LogP contribution in [-0.2, 0) is 11.2 Å². The van der Waals surface area contributed by atoms with Crippen LogP contribution in [0.5, 0.6) is 17.2 Å². The van der Waals surface area contributed by atoms with Crippen LogP contribution in [0.15, 0.2) is 78.9 Å². The zero-order chi connectivity index (χ0) is 24.2. The van der Waals surface area contributed by atoms with Gasteiger partial charge in [-0.05, 0) is 76.9 Å². The minimum Gasteiger partial charge on any atom is -0.497 e. The van der Waals surface area contributed by atoms with Crippen molar-refractivity contribution in [2.24, 2.45) is 0 Å². The van der Waals surface area contributed by atoms with Crippen molar-refractivity contribution in [3.63, 3.8) is 0 Å². The number of ketones is 1. The van der Waals surface area contributed by atoms with Gasteiger partial charge in [0, 0.05) is 23.6 Å². The number of ether oxygens (including phenoxy) is 3. The normalized spacial score (nSPS) is 13.0. The first-order valence-electron chi connectivity index (χ1n) is 11.6. The lowest BCUT2D eigenvalue weighted by atomic mass is 9.96. The molecule has 4 aromatic carbocycles. The first kappa shape index (κ1) is 23.1. The predicted octanol–water partition coefficient (Wildman–Crippen LogP) is 6.98. The van der Waals surface area contributed by atoms with E-state index >= 15 is 0 Å². The molecule has 0 fully saturated rings. The molecule has 1 atom stereocenters. The minimum atomic E-state index is -0.206. The van der Waals surface area contributed by atoms with Crippen molar-refractivity contribution >= 4 is 33.8 Å². The van der Waals surface area contributed by atoms with Gasteiger partial charge in [-0.2, -0.15) is 0 Å². The third-order valence-corrected chi connectivity index (χ3v) is 6.47. The SMILES string of the molecule is COc1ccc2cc(CCC(=O)CC(Nc3ccc(Cl)cc3)c3ccc4c(c3)OCO4)ccc2c1. The second-order valence-corrected chi connectivity index (χ2v) is 9.04. The highest BCUT2D eigenvalue weighted by Crippen LogP contribution is 2.36. The lowest BCUT2D eigenvalue weighted by Crippen LogP contribution is -2.16. The summed E-state index contributed by atoms with van der Waals surface area (Å²) in [5.74, 6) is 2.44. The largest absolute Gasteiger partial charge is 0.497 e. The third kappa shape index (κ3) is 5.52. The van der Waals surface area contributed by atoms with Crippen LogP contribution in [0.25, 0.3) is 10.8 Å². The van der Waals surface area contributed by atoms with Crippen LogP contribution in [0.2, 0.25) is 5.02 Å². The van der Waals surface area contributed by atoms with E-state index in [9.17, 15) is 4.79 Å². The summed E-state index contributed by atoms with van der Waals surface area (Å²) < 4.78 is 16.3. The van der Waals surface area contributed by atoms with Crippen LogP contribution in [-0.4, -0.2) is 19.7 Å². The van der Waals surface area contributed by atoms with Crippen LogP contribution in [0.1, 0.15) is 30.0 Å². The summed E-state index contributed by atoms with van der Waals surface area (Å²) in [6, 6.07) is 25.4. The molecule has 1 aliphatic rings. The van der Waals surface area contributed by atoms with Gasteiger partial charge in [-0.25, -0.2) is 0 Å². The van der Waals surface area contributed by atoms with Gasteiger partial charge >= 0.3 is 0 Å². The fourth-order valence-electron chi connectivity index (χ4n) is 4.30. The standard InChI is InChI=1S/C29H26ClNO4/c1-33-26-12-5-20-14-19(2-4-21(20)15-26)3-11-25(32)17-27(31-24-9-7-23(30)8-10-24)22-6-13-28-29(16-22)35-18-34-28/h2,4-10,12-16,27,31H,3,11,17-18H2,1H3. The average molecular weight is 488 g/mol. The second-order valence-electron chi connectivity index (χ2n) is 8.61. The zero-order valence-electron chi connectivity index (χ0n) is 19.4. The topological polar surface area (TPSA) is 56.8 Å². The molecule has 1 N–H and O–H groups in total. The van der Waals surface area contributed by atoms with E-state index in [0.717, 1.165) is 39.1 Å².